The summed E-state index contributed by atoms with van der Waals surface area (Å²) in [5.74, 6) is -0.497. The van der Waals surface area contributed by atoms with Crippen LogP contribution in [0.25, 0.3) is 0 Å². The summed E-state index contributed by atoms with van der Waals surface area (Å²) in [5.41, 5.74) is 4.78. The molecule has 0 bridgehead atoms. The van der Waals surface area contributed by atoms with Crippen LogP contribution in [0.5, 0.6) is 17.2 Å². The average molecular weight is 368 g/mol. The van der Waals surface area contributed by atoms with Crippen molar-refractivity contribution in [3.8, 4) is 17.2 Å². The molecule has 1 aliphatic heterocycles. The lowest BCUT2D eigenvalue weighted by atomic mass is 9.75. The molecule has 0 fully saturated rings. The minimum absolute atomic E-state index is 0.0700. The molecule has 0 amide bonds. The molecule has 0 unspecified atom stereocenters. The van der Waals surface area contributed by atoms with Crippen molar-refractivity contribution in [1.82, 2.24) is 0 Å². The summed E-state index contributed by atoms with van der Waals surface area (Å²) in [6, 6.07) is 0. The Balaban J connectivity index is 2.31. The number of hydrogen-bond donors (Lipinski definition) is 1. The molecule has 0 saturated heterocycles. The van der Waals surface area contributed by atoms with Gasteiger partial charge in [-0.3, -0.25) is 9.59 Å². The topological polar surface area (TPSA) is 97.1 Å². The number of ether oxygens (including phenoxy) is 4. The fraction of sp³-hybridized carbons (Fsp3) is 0.412. The van der Waals surface area contributed by atoms with Gasteiger partial charge in [0.2, 0.25) is 11.4 Å². The van der Waals surface area contributed by atoms with Gasteiger partial charge in [-0.05, 0) is 0 Å². The molecule has 1 aromatic rings. The van der Waals surface area contributed by atoms with Gasteiger partial charge in [-0.1, -0.05) is 18.5 Å². The Morgan fingerprint density at radius 2 is 1.84 bits per heavy atom. The average Bonchev–Trinajstić information content (AvgIpc) is 2.87. The molecule has 8 heteroatoms. The molecule has 1 aliphatic carbocycles. The lowest BCUT2D eigenvalue weighted by molar-refractivity contribution is -0.118. The monoisotopic (exact) mass is 367 g/mol. The SMILES string of the molecule is COC1=CC(=O)C[C@@H](C)[C@]12Oc1c(Cl)c(OC)c(N)c(OC)c1C2=O. The third kappa shape index (κ3) is 2.12. The lowest BCUT2D eigenvalue weighted by Gasteiger charge is -2.36. The predicted molar refractivity (Wildman–Crippen MR) is 90.5 cm³/mol. The van der Waals surface area contributed by atoms with Crippen LogP contribution in [0.2, 0.25) is 5.02 Å². The molecule has 2 atom stereocenters. The lowest BCUT2D eigenvalue weighted by Crippen LogP contribution is -2.51. The van der Waals surface area contributed by atoms with Gasteiger partial charge in [-0.25, -0.2) is 0 Å². The molecular weight excluding hydrogens is 350 g/mol. The van der Waals surface area contributed by atoms with Gasteiger partial charge >= 0.3 is 0 Å². The highest BCUT2D eigenvalue weighted by atomic mass is 35.5. The van der Waals surface area contributed by atoms with E-state index in [1.807, 2.05) is 0 Å². The van der Waals surface area contributed by atoms with E-state index < -0.39 is 17.3 Å². The number of anilines is 1. The first-order chi connectivity index (χ1) is 11.8. The Bertz CT molecular complexity index is 818. The second kappa shape index (κ2) is 5.84. The molecule has 1 aromatic carbocycles. The second-order valence-corrected chi connectivity index (χ2v) is 6.33. The first kappa shape index (κ1) is 17.4. The Labute approximate surface area is 149 Å². The van der Waals surface area contributed by atoms with Crippen molar-refractivity contribution in [1.29, 1.82) is 0 Å². The van der Waals surface area contributed by atoms with E-state index in [-0.39, 0.29) is 51.5 Å². The molecule has 3 rings (SSSR count). The number of hydrogen-bond acceptors (Lipinski definition) is 7. The molecule has 134 valence electrons. The van der Waals surface area contributed by atoms with Gasteiger partial charge in [-0.15, -0.1) is 0 Å². The fourth-order valence-electron chi connectivity index (χ4n) is 3.48. The molecule has 7 nitrogen and oxygen atoms in total. The molecule has 2 N–H and O–H groups in total. The summed E-state index contributed by atoms with van der Waals surface area (Å²) < 4.78 is 21.9. The smallest absolute Gasteiger partial charge is 0.231 e. The minimum Gasteiger partial charge on any atom is -0.496 e. The second-order valence-electron chi connectivity index (χ2n) is 5.95. The maximum atomic E-state index is 13.4. The molecule has 25 heavy (non-hydrogen) atoms. The highest BCUT2D eigenvalue weighted by Gasteiger charge is 2.60. The number of Topliss-reactive ketones (excluding diaryl/α,β-unsaturated/α-hetero) is 1. The molecule has 0 radical (unpaired) electrons. The zero-order chi connectivity index (χ0) is 18.5. The summed E-state index contributed by atoms with van der Waals surface area (Å²) in [7, 11) is 4.17. The van der Waals surface area contributed by atoms with Crippen LogP contribution in [0.15, 0.2) is 11.8 Å². The first-order valence-electron chi connectivity index (χ1n) is 7.59. The summed E-state index contributed by atoms with van der Waals surface area (Å²) in [5, 5.41) is 0.0700. The summed E-state index contributed by atoms with van der Waals surface area (Å²) in [6.07, 6.45) is 1.42. The van der Waals surface area contributed by atoms with Crippen molar-refractivity contribution >= 4 is 28.9 Å². The van der Waals surface area contributed by atoms with Crippen molar-refractivity contribution in [2.75, 3.05) is 27.1 Å². The van der Waals surface area contributed by atoms with Gasteiger partial charge in [0.15, 0.2) is 28.8 Å². The van der Waals surface area contributed by atoms with Crippen molar-refractivity contribution < 1.29 is 28.5 Å². The number of nitrogen functional groups attached to an aromatic ring is 1. The van der Waals surface area contributed by atoms with Crippen molar-refractivity contribution in [3.63, 3.8) is 0 Å². The van der Waals surface area contributed by atoms with E-state index in [1.54, 1.807) is 6.92 Å². The number of ketones is 2. The number of fused-ring (bicyclic) bond motifs is 1. The van der Waals surface area contributed by atoms with Gasteiger partial charge in [-0.2, -0.15) is 0 Å². The largest absolute Gasteiger partial charge is 0.496 e. The Morgan fingerprint density at radius 3 is 2.40 bits per heavy atom. The molecular formula is C17H18ClNO6. The number of allylic oxidation sites excluding steroid dienone is 1. The Kier molecular flexibility index (Phi) is 4.07. The minimum atomic E-state index is -1.49. The number of halogens is 1. The zero-order valence-electron chi connectivity index (χ0n) is 14.3. The van der Waals surface area contributed by atoms with Crippen molar-refractivity contribution in [3.05, 3.63) is 22.4 Å². The van der Waals surface area contributed by atoms with E-state index in [4.69, 9.17) is 36.3 Å². The fourth-order valence-corrected chi connectivity index (χ4v) is 3.79. The standard InChI is InChI=1S/C17H18ClNO6/c1-7-5-8(20)6-9(22-2)17(7)16(21)10-13(25-17)11(18)15(24-4)12(19)14(10)23-3/h6-7H,5,19H2,1-4H3/t7-,17+/m1/s1. The predicted octanol–water partition coefficient (Wildman–Crippen LogP) is 2.39. The summed E-state index contributed by atoms with van der Waals surface area (Å²) >= 11 is 6.36. The van der Waals surface area contributed by atoms with Crippen LogP contribution >= 0.6 is 11.6 Å². The molecule has 0 saturated carbocycles. The Morgan fingerprint density at radius 1 is 1.20 bits per heavy atom. The van der Waals surface area contributed by atoms with Gasteiger partial charge in [0.1, 0.15) is 16.3 Å². The maximum Gasteiger partial charge on any atom is 0.231 e. The van der Waals surface area contributed by atoms with Crippen LogP contribution in [0.4, 0.5) is 5.69 Å². The number of rotatable bonds is 3. The quantitative estimate of drug-likeness (QED) is 0.819. The van der Waals surface area contributed by atoms with E-state index in [0.29, 0.717) is 0 Å². The first-order valence-corrected chi connectivity index (χ1v) is 7.96. The number of carbonyl (C=O) groups is 2. The molecule has 1 spiro atoms. The third-order valence-electron chi connectivity index (χ3n) is 4.66. The molecule has 1 heterocycles. The van der Waals surface area contributed by atoms with Crippen LogP contribution in [0.1, 0.15) is 23.7 Å². The third-order valence-corrected chi connectivity index (χ3v) is 5.00. The van der Waals surface area contributed by atoms with Gasteiger partial charge < -0.3 is 24.7 Å². The number of carbonyl (C=O) groups excluding carboxylic acids is 2. The van der Waals surface area contributed by atoms with Crippen molar-refractivity contribution in [2.24, 2.45) is 5.92 Å². The van der Waals surface area contributed by atoms with Crippen LogP contribution in [0.3, 0.4) is 0 Å². The number of methoxy groups -OCH3 is 3. The van der Waals surface area contributed by atoms with Gasteiger partial charge in [0.05, 0.1) is 21.3 Å². The van der Waals surface area contributed by atoms with E-state index >= 15 is 0 Å². The number of benzene rings is 1. The van der Waals surface area contributed by atoms with E-state index in [9.17, 15) is 9.59 Å². The maximum absolute atomic E-state index is 13.4. The normalized spacial score (nSPS) is 24.7. The van der Waals surface area contributed by atoms with Crippen LogP contribution < -0.4 is 19.9 Å². The number of nitrogens with two attached hydrogens (primary N) is 1. The van der Waals surface area contributed by atoms with Crippen molar-refractivity contribution in [2.45, 2.75) is 18.9 Å². The highest BCUT2D eigenvalue weighted by Crippen LogP contribution is 2.57. The van der Waals surface area contributed by atoms with Gasteiger partial charge in [0, 0.05) is 18.4 Å². The zero-order valence-corrected chi connectivity index (χ0v) is 15.0. The Hall–Kier alpha value is -2.41. The van der Waals surface area contributed by atoms with E-state index in [0.717, 1.165) is 0 Å². The highest BCUT2D eigenvalue weighted by molar-refractivity contribution is 6.36. The summed E-state index contributed by atoms with van der Waals surface area (Å²) in [4.78, 5) is 25.2. The van der Waals surface area contributed by atoms with Gasteiger partial charge in [0.25, 0.3) is 0 Å². The van der Waals surface area contributed by atoms with E-state index in [1.165, 1.54) is 27.4 Å². The molecule has 0 aromatic heterocycles. The van der Waals surface area contributed by atoms with E-state index in [2.05, 4.69) is 0 Å². The molecule has 2 aliphatic rings. The van der Waals surface area contributed by atoms with Crippen LogP contribution in [-0.4, -0.2) is 38.5 Å². The van der Waals surface area contributed by atoms with Crippen LogP contribution in [0, 0.1) is 5.92 Å². The summed E-state index contributed by atoms with van der Waals surface area (Å²) in [6.45, 7) is 1.74. The van der Waals surface area contributed by atoms with Crippen LogP contribution in [-0.2, 0) is 9.53 Å².